The van der Waals surface area contributed by atoms with Crippen LogP contribution < -0.4 is 4.74 Å². The summed E-state index contributed by atoms with van der Waals surface area (Å²) in [4.78, 5) is 2.02. The van der Waals surface area contributed by atoms with Gasteiger partial charge in [0.05, 0.1) is 11.6 Å². The first kappa shape index (κ1) is 14.6. The first-order chi connectivity index (χ1) is 8.04. The van der Waals surface area contributed by atoms with Gasteiger partial charge in [-0.15, -0.1) is 0 Å². The molecule has 0 radical (unpaired) electrons. The predicted octanol–water partition coefficient (Wildman–Crippen LogP) is 2.68. The van der Waals surface area contributed by atoms with E-state index in [1.165, 1.54) is 0 Å². The summed E-state index contributed by atoms with van der Waals surface area (Å²) in [7, 11) is 1.94. The lowest BCUT2D eigenvalue weighted by Gasteiger charge is -2.22. The van der Waals surface area contributed by atoms with E-state index in [9.17, 15) is 0 Å². The smallest absolute Gasteiger partial charge is 0.138 e. The van der Waals surface area contributed by atoms with Gasteiger partial charge in [0, 0.05) is 17.6 Å². The molecule has 1 aromatic carbocycles. The fraction of sp³-hybridized carbons (Fsp3) is 0.500. The molecule has 0 saturated heterocycles. The van der Waals surface area contributed by atoms with Gasteiger partial charge >= 0.3 is 0 Å². The van der Waals surface area contributed by atoms with Gasteiger partial charge in [0.15, 0.2) is 0 Å². The molecule has 5 heteroatoms. The highest BCUT2D eigenvalue weighted by atomic mass is 35.5. The highest BCUT2D eigenvalue weighted by Gasteiger charge is 2.08. The van der Waals surface area contributed by atoms with E-state index in [-0.39, 0.29) is 12.6 Å². The summed E-state index contributed by atoms with van der Waals surface area (Å²) in [5.74, 6) is 0.626. The lowest BCUT2D eigenvalue weighted by Crippen LogP contribution is -2.35. The molecule has 1 N–H and O–H groups in total. The Bertz CT molecular complexity index is 360. The maximum atomic E-state index is 8.98. The Morgan fingerprint density at radius 3 is 2.71 bits per heavy atom. The summed E-state index contributed by atoms with van der Waals surface area (Å²) in [5, 5.41) is 10.1. The minimum atomic E-state index is 0.124. The molecule has 0 fully saturated rings. The van der Waals surface area contributed by atoms with Crippen molar-refractivity contribution in [1.82, 2.24) is 4.90 Å². The van der Waals surface area contributed by atoms with Gasteiger partial charge in [-0.05, 0) is 32.2 Å². The lowest BCUT2D eigenvalue weighted by molar-refractivity contribution is 0.140. The summed E-state index contributed by atoms with van der Waals surface area (Å²) in [6.45, 7) is 3.33. The van der Waals surface area contributed by atoms with Gasteiger partial charge in [0.1, 0.15) is 12.4 Å². The van der Waals surface area contributed by atoms with Crippen LogP contribution in [0.25, 0.3) is 0 Å². The maximum absolute atomic E-state index is 8.98. The number of benzene rings is 1. The first-order valence-corrected chi connectivity index (χ1v) is 6.19. The Morgan fingerprint density at radius 1 is 1.41 bits per heavy atom. The zero-order chi connectivity index (χ0) is 12.8. The fourth-order valence-corrected chi connectivity index (χ4v) is 1.71. The van der Waals surface area contributed by atoms with Gasteiger partial charge in [0.25, 0.3) is 0 Å². The van der Waals surface area contributed by atoms with Gasteiger partial charge in [-0.2, -0.15) is 0 Å². The van der Waals surface area contributed by atoms with Crippen LogP contribution in [0.15, 0.2) is 18.2 Å². The molecule has 0 aliphatic heterocycles. The van der Waals surface area contributed by atoms with Crippen molar-refractivity contribution in [3.63, 3.8) is 0 Å². The van der Waals surface area contributed by atoms with E-state index in [2.05, 4.69) is 0 Å². The van der Waals surface area contributed by atoms with Crippen molar-refractivity contribution in [2.24, 2.45) is 0 Å². The topological polar surface area (TPSA) is 32.7 Å². The minimum absolute atomic E-state index is 0.124. The van der Waals surface area contributed by atoms with Gasteiger partial charge in [0.2, 0.25) is 0 Å². The molecule has 0 aromatic heterocycles. The third-order valence-corrected chi connectivity index (χ3v) is 3.14. The molecule has 0 saturated carbocycles. The molecule has 0 aliphatic rings. The van der Waals surface area contributed by atoms with E-state index in [0.29, 0.717) is 22.4 Å². The van der Waals surface area contributed by atoms with Crippen LogP contribution in [0.5, 0.6) is 5.75 Å². The van der Waals surface area contributed by atoms with Crippen LogP contribution >= 0.6 is 23.2 Å². The highest BCUT2D eigenvalue weighted by molar-refractivity contribution is 6.35. The monoisotopic (exact) mass is 277 g/mol. The molecule has 1 atom stereocenters. The molecule has 0 spiro atoms. The number of aliphatic hydroxyl groups is 1. The van der Waals surface area contributed by atoms with Gasteiger partial charge in [-0.1, -0.05) is 23.2 Å². The van der Waals surface area contributed by atoms with Crippen LogP contribution in [0.3, 0.4) is 0 Å². The molecule has 0 aliphatic carbocycles. The number of likely N-dealkylation sites (N-methyl/N-ethyl adjacent to an activating group) is 1. The van der Waals surface area contributed by atoms with Crippen LogP contribution in [-0.2, 0) is 0 Å². The summed E-state index contributed by atoms with van der Waals surface area (Å²) in [5.41, 5.74) is 0. The second-order valence-corrected chi connectivity index (χ2v) is 4.78. The molecular formula is C12H17Cl2NO2. The van der Waals surface area contributed by atoms with E-state index in [1.807, 2.05) is 18.9 Å². The molecule has 17 heavy (non-hydrogen) atoms. The number of ether oxygens (including phenoxy) is 1. The van der Waals surface area contributed by atoms with E-state index in [4.69, 9.17) is 33.0 Å². The van der Waals surface area contributed by atoms with Crippen molar-refractivity contribution in [2.45, 2.75) is 13.0 Å². The number of aliphatic hydroxyl groups excluding tert-OH is 1. The van der Waals surface area contributed by atoms with Crippen molar-refractivity contribution < 1.29 is 9.84 Å². The SMILES string of the molecule is CC(CO)N(C)CCOc1ccc(Cl)cc1Cl. The third-order valence-electron chi connectivity index (χ3n) is 2.61. The highest BCUT2D eigenvalue weighted by Crippen LogP contribution is 2.27. The average Bonchev–Trinajstić information content (AvgIpc) is 2.30. The Balaban J connectivity index is 2.40. The Hall–Kier alpha value is -0.480. The summed E-state index contributed by atoms with van der Waals surface area (Å²) < 4.78 is 5.54. The predicted molar refractivity (Wildman–Crippen MR) is 71.1 cm³/mol. The van der Waals surface area contributed by atoms with E-state index in [0.717, 1.165) is 6.54 Å². The second-order valence-electron chi connectivity index (χ2n) is 3.94. The summed E-state index contributed by atoms with van der Waals surface area (Å²) in [6, 6.07) is 5.26. The van der Waals surface area contributed by atoms with Crippen molar-refractivity contribution in [3.05, 3.63) is 28.2 Å². The van der Waals surface area contributed by atoms with Gasteiger partial charge in [-0.3, -0.25) is 4.90 Å². The molecule has 0 bridgehead atoms. The van der Waals surface area contributed by atoms with Crippen LogP contribution in [0.1, 0.15) is 6.92 Å². The standard InChI is InChI=1S/C12H17Cl2NO2/c1-9(8-16)15(2)5-6-17-12-4-3-10(13)7-11(12)14/h3-4,7,9,16H,5-6,8H2,1-2H3. The van der Waals surface area contributed by atoms with Crippen molar-refractivity contribution in [2.75, 3.05) is 26.8 Å². The fourth-order valence-electron chi connectivity index (χ4n) is 1.25. The van der Waals surface area contributed by atoms with Crippen molar-refractivity contribution in [1.29, 1.82) is 0 Å². The quantitative estimate of drug-likeness (QED) is 0.868. The number of halogens is 2. The lowest BCUT2D eigenvalue weighted by atomic mass is 10.3. The number of rotatable bonds is 6. The van der Waals surface area contributed by atoms with Gasteiger partial charge in [-0.25, -0.2) is 0 Å². The Kier molecular flexibility index (Phi) is 6.06. The molecule has 0 heterocycles. The molecule has 1 unspecified atom stereocenters. The summed E-state index contributed by atoms with van der Waals surface area (Å²) in [6.07, 6.45) is 0. The zero-order valence-electron chi connectivity index (χ0n) is 9.99. The van der Waals surface area contributed by atoms with Gasteiger partial charge < -0.3 is 9.84 Å². The van der Waals surface area contributed by atoms with Crippen molar-refractivity contribution in [3.8, 4) is 5.75 Å². The average molecular weight is 278 g/mol. The van der Waals surface area contributed by atoms with E-state index < -0.39 is 0 Å². The van der Waals surface area contributed by atoms with Crippen LogP contribution in [0, 0.1) is 0 Å². The number of nitrogens with zero attached hydrogens (tertiary/aromatic N) is 1. The second kappa shape index (κ2) is 7.07. The maximum Gasteiger partial charge on any atom is 0.138 e. The van der Waals surface area contributed by atoms with Crippen LogP contribution in [-0.4, -0.2) is 42.9 Å². The first-order valence-electron chi connectivity index (χ1n) is 5.43. The normalized spacial score (nSPS) is 12.8. The molecular weight excluding hydrogens is 261 g/mol. The molecule has 96 valence electrons. The molecule has 3 nitrogen and oxygen atoms in total. The molecule has 0 amide bonds. The zero-order valence-corrected chi connectivity index (χ0v) is 11.5. The molecule has 1 aromatic rings. The largest absolute Gasteiger partial charge is 0.491 e. The number of hydrogen-bond donors (Lipinski definition) is 1. The van der Waals surface area contributed by atoms with Crippen LogP contribution in [0.2, 0.25) is 10.0 Å². The van der Waals surface area contributed by atoms with Crippen LogP contribution in [0.4, 0.5) is 0 Å². The molecule has 1 rings (SSSR count). The Labute approximate surface area is 112 Å². The van der Waals surface area contributed by atoms with Crippen molar-refractivity contribution >= 4 is 23.2 Å². The minimum Gasteiger partial charge on any atom is -0.491 e. The number of hydrogen-bond acceptors (Lipinski definition) is 3. The third kappa shape index (κ3) is 4.72. The van der Waals surface area contributed by atoms with E-state index in [1.54, 1.807) is 18.2 Å². The Morgan fingerprint density at radius 2 is 2.12 bits per heavy atom. The van der Waals surface area contributed by atoms with E-state index >= 15 is 0 Å². The summed E-state index contributed by atoms with van der Waals surface area (Å²) >= 11 is 11.8.